The molecule has 1 aliphatic carbocycles. The molecule has 2 aliphatic rings. The average molecular weight is 166 g/mol. The third-order valence-electron chi connectivity index (χ3n) is 1.52. The lowest BCUT2D eigenvalue weighted by Crippen LogP contribution is -1.75. The standard InChI is InChI=1S/C9H6ClO/c1-6-2-3-7-4-8(10)5-9(7)11-6/h2,4-5H,1H3. The highest BCUT2D eigenvalue weighted by atomic mass is 35.5. The summed E-state index contributed by atoms with van der Waals surface area (Å²) in [6.45, 7) is 1.89. The maximum absolute atomic E-state index is 5.76. The highest BCUT2D eigenvalue weighted by Gasteiger charge is 2.07. The molecule has 1 aliphatic heterocycles. The van der Waals surface area contributed by atoms with Crippen LogP contribution in [0.15, 0.2) is 22.6 Å². The van der Waals surface area contributed by atoms with E-state index >= 15 is 0 Å². The van der Waals surface area contributed by atoms with Crippen molar-refractivity contribution < 1.29 is 4.42 Å². The van der Waals surface area contributed by atoms with E-state index in [4.69, 9.17) is 16.0 Å². The summed E-state index contributed by atoms with van der Waals surface area (Å²) in [6.07, 6.45) is 0. The van der Waals surface area contributed by atoms with Crippen LogP contribution in [0, 0.1) is 13.0 Å². The molecule has 1 radical (unpaired) electrons. The number of halogens is 1. The molecule has 0 aromatic rings. The molecule has 0 fully saturated rings. The van der Waals surface area contributed by atoms with Gasteiger partial charge in [0.25, 0.3) is 0 Å². The Morgan fingerprint density at radius 3 is 3.09 bits per heavy atom. The second-order valence-electron chi connectivity index (χ2n) is 2.45. The van der Waals surface area contributed by atoms with Gasteiger partial charge in [0, 0.05) is 16.7 Å². The van der Waals surface area contributed by atoms with Gasteiger partial charge < -0.3 is 4.42 Å². The highest BCUT2D eigenvalue weighted by molar-refractivity contribution is 6.31. The fraction of sp³-hybridized carbons (Fsp3) is 0.111. The average Bonchev–Trinajstić information content (AvgIpc) is 2.27. The summed E-state index contributed by atoms with van der Waals surface area (Å²) in [5, 5.41) is 0.700. The molecule has 0 unspecified atom stereocenters. The monoisotopic (exact) mass is 165 g/mol. The van der Waals surface area contributed by atoms with Crippen molar-refractivity contribution in [3.05, 3.63) is 35.0 Å². The molecule has 55 valence electrons. The first kappa shape index (κ1) is 6.74. The van der Waals surface area contributed by atoms with Crippen molar-refractivity contribution in [2.75, 3.05) is 0 Å². The zero-order chi connectivity index (χ0) is 7.84. The fourth-order valence-electron chi connectivity index (χ4n) is 1.03. The summed E-state index contributed by atoms with van der Waals surface area (Å²) in [5.74, 6) is 1.65. The minimum atomic E-state index is 0.700. The van der Waals surface area contributed by atoms with Gasteiger partial charge in [0.2, 0.25) is 0 Å². The minimum absolute atomic E-state index is 0.700. The van der Waals surface area contributed by atoms with Crippen LogP contribution >= 0.6 is 11.6 Å². The molecule has 0 bridgehead atoms. The molecule has 0 aromatic carbocycles. The lowest BCUT2D eigenvalue weighted by atomic mass is 10.2. The van der Waals surface area contributed by atoms with Crippen LogP contribution < -0.4 is 0 Å². The molecule has 11 heavy (non-hydrogen) atoms. The summed E-state index contributed by atoms with van der Waals surface area (Å²) in [4.78, 5) is 0. The van der Waals surface area contributed by atoms with Gasteiger partial charge in [-0.3, -0.25) is 0 Å². The third-order valence-corrected chi connectivity index (χ3v) is 1.74. The molecule has 2 heteroatoms. The van der Waals surface area contributed by atoms with Gasteiger partial charge in [-0.1, -0.05) is 11.6 Å². The van der Waals surface area contributed by atoms with Crippen LogP contribution in [0.25, 0.3) is 11.3 Å². The van der Waals surface area contributed by atoms with E-state index in [9.17, 15) is 0 Å². The third kappa shape index (κ3) is 1.12. The van der Waals surface area contributed by atoms with E-state index in [-0.39, 0.29) is 0 Å². The smallest absolute Gasteiger partial charge is 0.136 e. The second-order valence-corrected chi connectivity index (χ2v) is 2.89. The van der Waals surface area contributed by atoms with Gasteiger partial charge in [0.1, 0.15) is 11.5 Å². The normalized spacial score (nSPS) is 10.7. The van der Waals surface area contributed by atoms with Crippen LogP contribution in [0.1, 0.15) is 5.76 Å². The molecule has 1 nitrogen and oxygen atoms in total. The van der Waals surface area contributed by atoms with E-state index < -0.39 is 0 Å². The fourth-order valence-corrected chi connectivity index (χ4v) is 1.24. The summed E-state index contributed by atoms with van der Waals surface area (Å²) in [5.41, 5.74) is 0.931. The van der Waals surface area contributed by atoms with Gasteiger partial charge in [0.05, 0.1) is 0 Å². The minimum Gasteiger partial charge on any atom is -0.461 e. The van der Waals surface area contributed by atoms with Crippen LogP contribution in [-0.2, 0) is 0 Å². The molecule has 0 saturated heterocycles. The Bertz CT molecular complexity index is 351. The van der Waals surface area contributed by atoms with E-state index in [1.165, 1.54) is 0 Å². The van der Waals surface area contributed by atoms with Crippen molar-refractivity contribution in [1.82, 2.24) is 0 Å². The van der Waals surface area contributed by atoms with Gasteiger partial charge in [-0.15, -0.1) is 0 Å². The predicted octanol–water partition coefficient (Wildman–Crippen LogP) is 3.15. The van der Waals surface area contributed by atoms with Crippen LogP contribution in [-0.4, -0.2) is 0 Å². The Morgan fingerprint density at radius 2 is 2.27 bits per heavy atom. The zero-order valence-electron chi connectivity index (χ0n) is 6.02. The van der Waals surface area contributed by atoms with Crippen LogP contribution in [0.4, 0.5) is 0 Å². The molecule has 0 spiro atoms. The largest absolute Gasteiger partial charge is 0.461 e. The van der Waals surface area contributed by atoms with E-state index in [0.29, 0.717) is 5.02 Å². The quantitative estimate of drug-likeness (QED) is 0.585. The van der Waals surface area contributed by atoms with Crippen molar-refractivity contribution in [2.45, 2.75) is 6.92 Å². The first-order valence-electron chi connectivity index (χ1n) is 3.33. The van der Waals surface area contributed by atoms with Crippen molar-refractivity contribution in [1.29, 1.82) is 0 Å². The Hall–Kier alpha value is -0.950. The summed E-state index contributed by atoms with van der Waals surface area (Å²) in [6, 6.07) is 8.49. The Morgan fingerprint density at radius 1 is 1.45 bits per heavy atom. The maximum Gasteiger partial charge on any atom is 0.136 e. The molecular formula is C9H6ClO. The summed E-state index contributed by atoms with van der Waals surface area (Å²) in [7, 11) is 0. The first-order chi connectivity index (χ1) is 5.25. The van der Waals surface area contributed by atoms with Crippen molar-refractivity contribution in [2.24, 2.45) is 0 Å². The Kier molecular flexibility index (Phi) is 1.40. The van der Waals surface area contributed by atoms with E-state index in [2.05, 4.69) is 6.07 Å². The Labute approximate surface area is 69.9 Å². The second kappa shape index (κ2) is 2.28. The summed E-state index contributed by atoms with van der Waals surface area (Å²) < 4.78 is 5.37. The SMILES string of the molecule is Cc1c[c]c2cc(Cl)cc-2o1. The molecule has 0 saturated carbocycles. The number of hydrogen-bond donors (Lipinski definition) is 0. The van der Waals surface area contributed by atoms with Crippen molar-refractivity contribution >= 4 is 11.6 Å². The van der Waals surface area contributed by atoms with Crippen LogP contribution in [0.3, 0.4) is 0 Å². The highest BCUT2D eigenvalue weighted by Crippen LogP contribution is 2.28. The van der Waals surface area contributed by atoms with E-state index in [1.54, 1.807) is 12.1 Å². The van der Waals surface area contributed by atoms with Gasteiger partial charge in [-0.05, 0) is 25.1 Å². The van der Waals surface area contributed by atoms with Gasteiger partial charge in [-0.2, -0.15) is 0 Å². The first-order valence-corrected chi connectivity index (χ1v) is 3.71. The molecule has 0 N–H and O–H groups in total. The number of fused-ring (bicyclic) bond motifs is 1. The van der Waals surface area contributed by atoms with Gasteiger partial charge in [-0.25, -0.2) is 0 Å². The van der Waals surface area contributed by atoms with Crippen LogP contribution in [0.5, 0.6) is 0 Å². The lowest BCUT2D eigenvalue weighted by Gasteiger charge is -1.96. The van der Waals surface area contributed by atoms with Crippen molar-refractivity contribution in [3.8, 4) is 11.3 Å². The maximum atomic E-state index is 5.76. The van der Waals surface area contributed by atoms with Gasteiger partial charge >= 0.3 is 0 Å². The van der Waals surface area contributed by atoms with Crippen LogP contribution in [0.2, 0.25) is 5.02 Å². The summed E-state index contributed by atoms with van der Waals surface area (Å²) >= 11 is 5.76. The van der Waals surface area contributed by atoms with E-state index in [0.717, 1.165) is 17.1 Å². The number of rotatable bonds is 0. The number of hydrogen-bond acceptors (Lipinski definition) is 1. The van der Waals surface area contributed by atoms with E-state index in [1.807, 2.05) is 13.0 Å². The van der Waals surface area contributed by atoms with Gasteiger partial charge in [0.15, 0.2) is 0 Å². The molecular weight excluding hydrogens is 160 g/mol. The molecule has 2 rings (SSSR count). The van der Waals surface area contributed by atoms with Crippen molar-refractivity contribution in [3.63, 3.8) is 0 Å². The molecule has 0 atom stereocenters. The number of aryl methyl sites for hydroxylation is 1. The molecule has 1 heterocycles. The predicted molar refractivity (Wildman–Crippen MR) is 43.9 cm³/mol. The lowest BCUT2D eigenvalue weighted by molar-refractivity contribution is 0.532. The zero-order valence-corrected chi connectivity index (χ0v) is 6.77. The molecule has 0 amide bonds. The Balaban J connectivity index is 2.73. The molecule has 0 aromatic heterocycles. The topological polar surface area (TPSA) is 13.1 Å².